The molecule has 0 radical (unpaired) electrons. The lowest BCUT2D eigenvalue weighted by Crippen LogP contribution is -2.50. The van der Waals surface area contributed by atoms with Crippen LogP contribution in [0.1, 0.15) is 45.4 Å². The van der Waals surface area contributed by atoms with E-state index in [-0.39, 0.29) is 0 Å². The van der Waals surface area contributed by atoms with Gasteiger partial charge in [0.05, 0.1) is 0 Å². The Morgan fingerprint density at radius 2 is 1.37 bits per heavy atom. The summed E-state index contributed by atoms with van der Waals surface area (Å²) in [5.74, 6) is 2.79. The van der Waals surface area contributed by atoms with E-state index in [2.05, 4.69) is 22.9 Å². The molecule has 0 saturated carbocycles. The minimum absolute atomic E-state index is 0.746. The number of piperidine rings is 3. The van der Waals surface area contributed by atoms with Crippen molar-refractivity contribution in [2.75, 3.05) is 26.2 Å². The Balaban J connectivity index is 1.44. The third kappa shape index (κ3) is 3.50. The van der Waals surface area contributed by atoms with E-state index in [0.29, 0.717) is 0 Å². The fourth-order valence-electron chi connectivity index (χ4n) is 4.37. The van der Waals surface area contributed by atoms with E-state index < -0.39 is 0 Å². The molecule has 1 unspecified atom stereocenters. The zero-order chi connectivity index (χ0) is 13.1. The molecular formula is C16H31N3. The fraction of sp³-hybridized carbons (Fsp3) is 1.00. The van der Waals surface area contributed by atoms with Gasteiger partial charge in [0.25, 0.3) is 0 Å². The second-order valence-corrected chi connectivity index (χ2v) is 7.09. The third-order valence-electron chi connectivity index (χ3n) is 5.81. The van der Waals surface area contributed by atoms with Crippen LogP contribution in [0.3, 0.4) is 0 Å². The maximum absolute atomic E-state index is 3.89. The summed E-state index contributed by atoms with van der Waals surface area (Å²) in [6.45, 7) is 7.32. The summed E-state index contributed by atoms with van der Waals surface area (Å²) < 4.78 is 0. The normalized spacial score (nSPS) is 42.2. The van der Waals surface area contributed by atoms with E-state index in [4.69, 9.17) is 0 Å². The molecule has 0 amide bonds. The van der Waals surface area contributed by atoms with E-state index >= 15 is 0 Å². The smallest absolute Gasteiger partial charge is 0.00965 e. The lowest BCUT2D eigenvalue weighted by Gasteiger charge is -2.41. The van der Waals surface area contributed by atoms with Crippen LogP contribution in [0.4, 0.5) is 0 Å². The van der Waals surface area contributed by atoms with Crippen molar-refractivity contribution in [3.8, 4) is 0 Å². The lowest BCUT2D eigenvalue weighted by atomic mass is 9.76. The molecule has 0 aliphatic carbocycles. The van der Waals surface area contributed by atoms with Crippen LogP contribution < -0.4 is 16.0 Å². The van der Waals surface area contributed by atoms with Gasteiger partial charge >= 0.3 is 0 Å². The van der Waals surface area contributed by atoms with Crippen molar-refractivity contribution in [1.29, 1.82) is 0 Å². The number of nitrogens with one attached hydrogen (secondary N) is 3. The van der Waals surface area contributed by atoms with Crippen LogP contribution in [0, 0.1) is 17.8 Å². The molecule has 19 heavy (non-hydrogen) atoms. The third-order valence-corrected chi connectivity index (χ3v) is 5.81. The molecule has 3 fully saturated rings. The first-order valence-electron chi connectivity index (χ1n) is 8.50. The standard InChI is InChI=1S/C16H31N3/c1-12-2-3-14(10-18-12)15-4-5-16(19-11-15)13-6-8-17-9-7-13/h12-19H,2-11H2,1H3/t12-,14+,15?,16-/m1/s1. The van der Waals surface area contributed by atoms with E-state index in [0.717, 1.165) is 29.8 Å². The molecule has 0 spiro atoms. The first-order chi connectivity index (χ1) is 9.33. The van der Waals surface area contributed by atoms with Gasteiger partial charge in [-0.3, -0.25) is 0 Å². The molecule has 3 heterocycles. The highest BCUT2D eigenvalue weighted by molar-refractivity contribution is 4.89. The van der Waals surface area contributed by atoms with Gasteiger partial charge < -0.3 is 16.0 Å². The molecule has 3 aliphatic heterocycles. The van der Waals surface area contributed by atoms with E-state index in [1.165, 1.54) is 64.7 Å². The highest BCUT2D eigenvalue weighted by Crippen LogP contribution is 2.31. The second-order valence-electron chi connectivity index (χ2n) is 7.09. The van der Waals surface area contributed by atoms with E-state index in [1.54, 1.807) is 0 Å². The Morgan fingerprint density at radius 1 is 0.684 bits per heavy atom. The predicted octanol–water partition coefficient (Wildman–Crippen LogP) is 1.74. The fourth-order valence-corrected chi connectivity index (χ4v) is 4.37. The minimum atomic E-state index is 0.746. The molecule has 0 aromatic carbocycles. The molecule has 3 heteroatoms. The number of hydrogen-bond acceptors (Lipinski definition) is 3. The molecule has 3 aliphatic rings. The second kappa shape index (κ2) is 6.55. The predicted molar refractivity (Wildman–Crippen MR) is 80.3 cm³/mol. The van der Waals surface area contributed by atoms with Crippen LogP contribution in [0.25, 0.3) is 0 Å². The van der Waals surface area contributed by atoms with E-state index in [1.807, 2.05) is 0 Å². The first kappa shape index (κ1) is 13.8. The molecule has 110 valence electrons. The molecular weight excluding hydrogens is 234 g/mol. The summed E-state index contributed by atoms with van der Waals surface area (Å²) >= 11 is 0. The molecule has 3 saturated heterocycles. The molecule has 0 aromatic rings. The van der Waals surface area contributed by atoms with Gasteiger partial charge in [-0.05, 0) is 89.4 Å². The first-order valence-corrected chi connectivity index (χ1v) is 8.50. The summed E-state index contributed by atoms with van der Waals surface area (Å²) in [5, 5.41) is 11.0. The van der Waals surface area contributed by atoms with Gasteiger partial charge in [-0.15, -0.1) is 0 Å². The van der Waals surface area contributed by atoms with Gasteiger partial charge in [-0.25, -0.2) is 0 Å². The quantitative estimate of drug-likeness (QED) is 0.712. The average Bonchev–Trinajstić information content (AvgIpc) is 2.49. The van der Waals surface area contributed by atoms with Crippen molar-refractivity contribution in [2.24, 2.45) is 17.8 Å². The summed E-state index contributed by atoms with van der Waals surface area (Å²) in [4.78, 5) is 0. The summed E-state index contributed by atoms with van der Waals surface area (Å²) in [6, 6.07) is 1.56. The Labute approximate surface area is 118 Å². The van der Waals surface area contributed by atoms with Crippen molar-refractivity contribution in [3.05, 3.63) is 0 Å². The Morgan fingerprint density at radius 3 is 1.95 bits per heavy atom. The number of rotatable bonds is 2. The Kier molecular flexibility index (Phi) is 4.78. The van der Waals surface area contributed by atoms with Crippen LogP contribution >= 0.6 is 0 Å². The molecule has 4 atom stereocenters. The summed E-state index contributed by atoms with van der Waals surface area (Å²) in [6.07, 6.45) is 8.46. The highest BCUT2D eigenvalue weighted by atomic mass is 15.0. The lowest BCUT2D eigenvalue weighted by molar-refractivity contribution is 0.152. The Bertz CT molecular complexity index is 259. The largest absolute Gasteiger partial charge is 0.317 e. The van der Waals surface area contributed by atoms with Crippen molar-refractivity contribution in [3.63, 3.8) is 0 Å². The zero-order valence-corrected chi connectivity index (χ0v) is 12.5. The molecule has 3 rings (SSSR count). The maximum Gasteiger partial charge on any atom is 0.00965 e. The van der Waals surface area contributed by atoms with Crippen LogP contribution in [-0.4, -0.2) is 38.3 Å². The van der Waals surface area contributed by atoms with Gasteiger partial charge in [0.1, 0.15) is 0 Å². The average molecular weight is 265 g/mol. The maximum atomic E-state index is 3.89. The van der Waals surface area contributed by atoms with Crippen molar-refractivity contribution >= 4 is 0 Å². The van der Waals surface area contributed by atoms with Gasteiger partial charge in [0.2, 0.25) is 0 Å². The molecule has 0 bridgehead atoms. The monoisotopic (exact) mass is 265 g/mol. The SMILES string of the molecule is C[C@@H]1CC[C@H](C2CC[C@H](C3CCNCC3)NC2)CN1. The van der Waals surface area contributed by atoms with Crippen molar-refractivity contribution in [1.82, 2.24) is 16.0 Å². The molecule has 3 nitrogen and oxygen atoms in total. The molecule has 0 aromatic heterocycles. The van der Waals surface area contributed by atoms with Crippen molar-refractivity contribution in [2.45, 2.75) is 57.5 Å². The van der Waals surface area contributed by atoms with Crippen molar-refractivity contribution < 1.29 is 0 Å². The Hall–Kier alpha value is -0.120. The topological polar surface area (TPSA) is 36.1 Å². The summed E-state index contributed by atoms with van der Waals surface area (Å²) in [5.41, 5.74) is 0. The number of hydrogen-bond donors (Lipinski definition) is 3. The van der Waals surface area contributed by atoms with E-state index in [9.17, 15) is 0 Å². The minimum Gasteiger partial charge on any atom is -0.317 e. The van der Waals surface area contributed by atoms with Crippen LogP contribution in [0.2, 0.25) is 0 Å². The van der Waals surface area contributed by atoms with Crippen LogP contribution in [-0.2, 0) is 0 Å². The van der Waals surface area contributed by atoms with Crippen LogP contribution in [0.5, 0.6) is 0 Å². The summed E-state index contributed by atoms with van der Waals surface area (Å²) in [7, 11) is 0. The van der Waals surface area contributed by atoms with Gasteiger partial charge in [0.15, 0.2) is 0 Å². The van der Waals surface area contributed by atoms with Gasteiger partial charge in [0, 0.05) is 12.1 Å². The molecule has 3 N–H and O–H groups in total. The zero-order valence-electron chi connectivity index (χ0n) is 12.5. The van der Waals surface area contributed by atoms with Crippen LogP contribution in [0.15, 0.2) is 0 Å². The highest BCUT2D eigenvalue weighted by Gasteiger charge is 2.32. The van der Waals surface area contributed by atoms with Gasteiger partial charge in [-0.2, -0.15) is 0 Å². The van der Waals surface area contributed by atoms with Gasteiger partial charge in [-0.1, -0.05) is 0 Å².